The molecule has 0 spiro atoms. The quantitative estimate of drug-likeness (QED) is 0.124. The van der Waals surface area contributed by atoms with Gasteiger partial charge < -0.3 is 14.0 Å². The molecule has 0 saturated carbocycles. The van der Waals surface area contributed by atoms with Gasteiger partial charge in [0.25, 0.3) is 0 Å². The number of hydrogen-bond acceptors (Lipinski definition) is 3. The summed E-state index contributed by atoms with van der Waals surface area (Å²) in [6.07, 6.45) is 6.09. The van der Waals surface area contributed by atoms with Crippen LogP contribution in [0.4, 0.5) is 0 Å². The minimum absolute atomic E-state index is 0.324. The molecule has 4 aromatic rings. The maximum Gasteiger partial charge on any atom is 0.347 e. The Morgan fingerprint density at radius 1 is 0.769 bits per heavy atom. The van der Waals surface area contributed by atoms with E-state index in [0.717, 1.165) is 29.8 Å². The molecule has 0 aliphatic heterocycles. The molecular weight excluding hydrogens is 482 g/mol. The number of ether oxygens (including phenoxy) is 2. The number of hydrogen-bond donors (Lipinski definition) is 0. The number of nitrogens with zero attached hydrogens (tertiary/aromatic N) is 1. The fourth-order valence-corrected chi connectivity index (χ4v) is 4.89. The second-order valence-electron chi connectivity index (χ2n) is 10.1. The van der Waals surface area contributed by atoms with Gasteiger partial charge in [-0.2, -0.15) is 0 Å². The van der Waals surface area contributed by atoms with E-state index in [9.17, 15) is 4.79 Å². The molecule has 0 bridgehead atoms. The van der Waals surface area contributed by atoms with E-state index in [1.807, 2.05) is 49.4 Å². The van der Waals surface area contributed by atoms with E-state index >= 15 is 0 Å². The van der Waals surface area contributed by atoms with E-state index < -0.39 is 6.10 Å². The van der Waals surface area contributed by atoms with Gasteiger partial charge in [-0.15, -0.1) is 0 Å². The molecule has 1 atom stereocenters. The number of rotatable bonds is 14. The van der Waals surface area contributed by atoms with E-state index in [2.05, 4.69) is 66.9 Å². The van der Waals surface area contributed by atoms with Gasteiger partial charge >= 0.3 is 5.97 Å². The molecule has 4 nitrogen and oxygen atoms in total. The Bertz CT molecular complexity index is 1290. The van der Waals surface area contributed by atoms with Crippen molar-refractivity contribution < 1.29 is 14.3 Å². The highest BCUT2D eigenvalue weighted by Crippen LogP contribution is 2.27. The number of aryl methyl sites for hydroxylation is 2. The Labute approximate surface area is 233 Å². The van der Waals surface area contributed by atoms with Crippen molar-refractivity contribution in [1.29, 1.82) is 0 Å². The van der Waals surface area contributed by atoms with Gasteiger partial charge in [-0.05, 0) is 85.3 Å². The first-order valence-corrected chi connectivity index (χ1v) is 14.3. The minimum atomic E-state index is -0.695. The summed E-state index contributed by atoms with van der Waals surface area (Å²) in [5.41, 5.74) is 7.24. The average Bonchev–Trinajstić information content (AvgIpc) is 3.32. The summed E-state index contributed by atoms with van der Waals surface area (Å²) in [4.78, 5) is 12.6. The fraction of sp³-hybridized carbons (Fsp3) is 0.343. The summed E-state index contributed by atoms with van der Waals surface area (Å²) in [7, 11) is 0. The first-order chi connectivity index (χ1) is 19.1. The maximum absolute atomic E-state index is 12.6. The zero-order chi connectivity index (χ0) is 27.5. The first kappa shape index (κ1) is 28.2. The van der Waals surface area contributed by atoms with Crippen molar-refractivity contribution in [3.63, 3.8) is 0 Å². The molecule has 0 fully saturated rings. The van der Waals surface area contributed by atoms with Crippen LogP contribution < -0.4 is 4.74 Å². The topological polar surface area (TPSA) is 40.5 Å². The lowest BCUT2D eigenvalue weighted by atomic mass is 10.0. The van der Waals surface area contributed by atoms with Crippen LogP contribution in [0.3, 0.4) is 0 Å². The van der Waals surface area contributed by atoms with Gasteiger partial charge in [-0.3, -0.25) is 0 Å². The predicted molar refractivity (Wildman–Crippen MR) is 159 cm³/mol. The van der Waals surface area contributed by atoms with Crippen LogP contribution in [0.15, 0.2) is 91.0 Å². The molecule has 1 aromatic heterocycles. The second kappa shape index (κ2) is 14.4. The molecule has 1 heterocycles. The van der Waals surface area contributed by atoms with Gasteiger partial charge in [0.05, 0.1) is 6.61 Å². The number of esters is 1. The monoisotopic (exact) mass is 523 g/mol. The normalized spacial score (nSPS) is 11.8. The lowest BCUT2D eigenvalue weighted by Crippen LogP contribution is -2.31. The number of carbonyl (C=O) groups is 1. The van der Waals surface area contributed by atoms with Gasteiger partial charge in [0, 0.05) is 24.4 Å². The highest BCUT2D eigenvalue weighted by Gasteiger charge is 2.22. The molecule has 0 aliphatic rings. The van der Waals surface area contributed by atoms with Gasteiger partial charge in [-0.25, -0.2) is 4.79 Å². The van der Waals surface area contributed by atoms with Crippen LogP contribution in [0, 0.1) is 6.92 Å². The highest BCUT2D eigenvalue weighted by molar-refractivity contribution is 5.75. The van der Waals surface area contributed by atoms with Gasteiger partial charge in [0.2, 0.25) is 0 Å². The summed E-state index contributed by atoms with van der Waals surface area (Å²) in [5.74, 6) is 0.305. The van der Waals surface area contributed by atoms with Crippen LogP contribution in [0.25, 0.3) is 11.3 Å². The number of benzene rings is 3. The van der Waals surface area contributed by atoms with Crippen LogP contribution >= 0.6 is 0 Å². The van der Waals surface area contributed by atoms with E-state index in [0.29, 0.717) is 18.8 Å². The summed E-state index contributed by atoms with van der Waals surface area (Å²) in [6.45, 7) is 7.36. The van der Waals surface area contributed by atoms with Crippen molar-refractivity contribution in [1.82, 2.24) is 4.57 Å². The fourth-order valence-electron chi connectivity index (χ4n) is 4.89. The molecule has 3 aromatic carbocycles. The Kier molecular flexibility index (Phi) is 10.4. The zero-order valence-electron chi connectivity index (χ0n) is 23.6. The van der Waals surface area contributed by atoms with Crippen molar-refractivity contribution in [2.24, 2.45) is 0 Å². The van der Waals surface area contributed by atoms with Gasteiger partial charge in [0.1, 0.15) is 5.75 Å². The molecule has 4 rings (SSSR count). The Hall–Kier alpha value is -3.79. The van der Waals surface area contributed by atoms with Crippen LogP contribution in [0.2, 0.25) is 0 Å². The Morgan fingerprint density at radius 2 is 1.49 bits per heavy atom. The lowest BCUT2D eigenvalue weighted by molar-refractivity contribution is -0.151. The smallest absolute Gasteiger partial charge is 0.347 e. The van der Waals surface area contributed by atoms with E-state index in [1.165, 1.54) is 42.5 Å². The summed E-state index contributed by atoms with van der Waals surface area (Å²) >= 11 is 0. The number of aromatic nitrogens is 1. The lowest BCUT2D eigenvalue weighted by Gasteiger charge is -2.18. The first-order valence-electron chi connectivity index (χ1n) is 14.3. The molecule has 39 heavy (non-hydrogen) atoms. The summed E-state index contributed by atoms with van der Waals surface area (Å²) in [6, 6.07) is 31.3. The maximum atomic E-state index is 12.6. The number of carbonyl (C=O) groups excluding carboxylic acids is 1. The molecule has 4 heteroatoms. The van der Waals surface area contributed by atoms with Crippen molar-refractivity contribution in [3.05, 3.63) is 113 Å². The van der Waals surface area contributed by atoms with Gasteiger partial charge in [-0.1, -0.05) is 80.8 Å². The molecule has 0 amide bonds. The predicted octanol–water partition coefficient (Wildman–Crippen LogP) is 8.19. The highest BCUT2D eigenvalue weighted by atomic mass is 16.6. The molecule has 0 aliphatic carbocycles. The summed E-state index contributed by atoms with van der Waals surface area (Å²) in [5, 5.41) is 0. The Balaban J connectivity index is 1.44. The molecule has 204 valence electrons. The minimum Gasteiger partial charge on any atom is -0.478 e. The standard InChI is InChI=1S/C35H41NO3/c1-4-6-7-9-12-28-16-18-30(19-17-28)26-36-27(3)15-24-33(36)31-20-22-32(23-21-31)39-34(35(37)38-5-2)25-29-13-10-8-11-14-29/h8,10-11,13-24,34H,4-7,9,12,25-26H2,1-3H3/t34-/m1/s1. The zero-order valence-corrected chi connectivity index (χ0v) is 23.6. The molecule has 0 unspecified atom stereocenters. The van der Waals surface area contributed by atoms with Crippen molar-refractivity contribution in [3.8, 4) is 17.0 Å². The van der Waals surface area contributed by atoms with E-state index in [-0.39, 0.29) is 5.97 Å². The SMILES string of the molecule is CCCCCCc1ccc(Cn2c(C)ccc2-c2ccc(O[C@H](Cc3ccccc3)C(=O)OCC)cc2)cc1. The van der Waals surface area contributed by atoms with Crippen molar-refractivity contribution in [2.45, 2.75) is 71.9 Å². The largest absolute Gasteiger partial charge is 0.478 e. The molecule has 0 radical (unpaired) electrons. The van der Waals surface area contributed by atoms with Crippen LogP contribution in [-0.4, -0.2) is 23.2 Å². The Morgan fingerprint density at radius 3 is 2.18 bits per heavy atom. The van der Waals surface area contributed by atoms with Crippen LogP contribution in [0.5, 0.6) is 5.75 Å². The van der Waals surface area contributed by atoms with Gasteiger partial charge in [0.15, 0.2) is 6.10 Å². The van der Waals surface area contributed by atoms with Crippen molar-refractivity contribution in [2.75, 3.05) is 6.61 Å². The molecule has 0 N–H and O–H groups in total. The van der Waals surface area contributed by atoms with Crippen LogP contribution in [-0.2, 0) is 28.9 Å². The summed E-state index contributed by atoms with van der Waals surface area (Å²) < 4.78 is 13.8. The third-order valence-electron chi connectivity index (χ3n) is 7.12. The molecular formula is C35H41NO3. The average molecular weight is 524 g/mol. The third kappa shape index (κ3) is 8.10. The third-order valence-corrected chi connectivity index (χ3v) is 7.12. The van der Waals surface area contributed by atoms with E-state index in [1.54, 1.807) is 0 Å². The van der Waals surface area contributed by atoms with Crippen LogP contribution in [0.1, 0.15) is 61.9 Å². The van der Waals surface area contributed by atoms with Crippen molar-refractivity contribution >= 4 is 5.97 Å². The molecule has 0 saturated heterocycles. The van der Waals surface area contributed by atoms with E-state index in [4.69, 9.17) is 9.47 Å². The second-order valence-corrected chi connectivity index (χ2v) is 10.1. The number of unbranched alkanes of at least 4 members (excludes halogenated alkanes) is 3.